The van der Waals surface area contributed by atoms with Crippen LogP contribution in [0.25, 0.3) is 5.69 Å². The predicted molar refractivity (Wildman–Crippen MR) is 91.0 cm³/mol. The lowest BCUT2D eigenvalue weighted by molar-refractivity contribution is 0.0600. The fourth-order valence-corrected chi connectivity index (χ4v) is 2.28. The maximum atomic E-state index is 12.5. The molecule has 0 bridgehead atoms. The van der Waals surface area contributed by atoms with Crippen LogP contribution in [-0.4, -0.2) is 40.6 Å². The van der Waals surface area contributed by atoms with Crippen LogP contribution in [0.5, 0.6) is 0 Å². The second-order valence-electron chi connectivity index (χ2n) is 5.16. The highest BCUT2D eigenvalue weighted by Crippen LogP contribution is 2.18. The molecule has 128 valence electrons. The van der Waals surface area contributed by atoms with Crippen LogP contribution in [0.3, 0.4) is 0 Å². The second-order valence-corrected chi connectivity index (χ2v) is 5.54. The van der Waals surface area contributed by atoms with Gasteiger partial charge in [0.1, 0.15) is 5.02 Å². The van der Waals surface area contributed by atoms with Gasteiger partial charge in [-0.3, -0.25) is 4.79 Å². The summed E-state index contributed by atoms with van der Waals surface area (Å²) in [6.07, 6.45) is 1.45. The summed E-state index contributed by atoms with van der Waals surface area (Å²) >= 11 is 6.11. The van der Waals surface area contributed by atoms with Gasteiger partial charge in [0.25, 0.3) is 5.56 Å². The minimum absolute atomic E-state index is 0.0461. The van der Waals surface area contributed by atoms with Gasteiger partial charge in [0.2, 0.25) is 0 Å². The molecule has 1 unspecified atom stereocenters. The van der Waals surface area contributed by atoms with E-state index >= 15 is 0 Å². The summed E-state index contributed by atoms with van der Waals surface area (Å²) in [5.41, 5.74) is 0.302. The Morgan fingerprint density at radius 3 is 2.83 bits per heavy atom. The van der Waals surface area contributed by atoms with E-state index in [2.05, 4.69) is 10.4 Å². The molecule has 7 nitrogen and oxygen atoms in total. The number of benzene rings is 1. The average Bonchev–Trinajstić information content (AvgIpc) is 2.58. The number of aliphatic hydroxyl groups is 1. The molecule has 0 amide bonds. The lowest BCUT2D eigenvalue weighted by Gasteiger charge is -2.12. The Hall–Kier alpha value is -2.38. The standard InChI is InChI=1S/C16H18ClN3O4/c1-10(21)7-8-18-12-9-19-20(15(22)14(12)17)13-6-4-3-5-11(13)16(23)24-2/h3-6,9-10,18,21H,7-8H2,1-2H3. The number of para-hydroxylation sites is 1. The van der Waals surface area contributed by atoms with Gasteiger partial charge in [-0.25, -0.2) is 4.79 Å². The van der Waals surface area contributed by atoms with Gasteiger partial charge in [-0.1, -0.05) is 23.7 Å². The number of methoxy groups -OCH3 is 1. The zero-order chi connectivity index (χ0) is 17.7. The number of aliphatic hydroxyl groups excluding tert-OH is 1. The molecule has 0 fully saturated rings. The zero-order valence-corrected chi connectivity index (χ0v) is 14.1. The Kier molecular flexibility index (Phi) is 5.94. The van der Waals surface area contributed by atoms with Gasteiger partial charge in [-0.2, -0.15) is 9.78 Å². The van der Waals surface area contributed by atoms with Gasteiger partial charge in [0, 0.05) is 6.54 Å². The number of hydrogen-bond acceptors (Lipinski definition) is 6. The van der Waals surface area contributed by atoms with Crippen LogP contribution < -0.4 is 10.9 Å². The van der Waals surface area contributed by atoms with Gasteiger partial charge < -0.3 is 15.2 Å². The van der Waals surface area contributed by atoms with Crippen molar-refractivity contribution in [1.82, 2.24) is 9.78 Å². The molecule has 0 aliphatic carbocycles. The lowest BCUT2D eigenvalue weighted by atomic mass is 10.2. The van der Waals surface area contributed by atoms with Crippen molar-refractivity contribution in [3.8, 4) is 5.69 Å². The highest BCUT2D eigenvalue weighted by molar-refractivity contribution is 6.32. The van der Waals surface area contributed by atoms with E-state index in [1.165, 1.54) is 19.4 Å². The van der Waals surface area contributed by atoms with Crippen molar-refractivity contribution in [1.29, 1.82) is 0 Å². The monoisotopic (exact) mass is 351 g/mol. The first-order valence-corrected chi connectivity index (χ1v) is 7.71. The molecule has 24 heavy (non-hydrogen) atoms. The number of ether oxygens (including phenoxy) is 1. The van der Waals surface area contributed by atoms with E-state index in [1.807, 2.05) is 0 Å². The molecule has 1 aromatic heterocycles. The van der Waals surface area contributed by atoms with Gasteiger partial charge in [0.05, 0.1) is 36.3 Å². The molecule has 2 rings (SSSR count). The van der Waals surface area contributed by atoms with E-state index < -0.39 is 17.6 Å². The van der Waals surface area contributed by atoms with E-state index in [1.54, 1.807) is 25.1 Å². The SMILES string of the molecule is COC(=O)c1ccccc1-n1ncc(NCCC(C)O)c(Cl)c1=O. The molecule has 1 atom stereocenters. The van der Waals surface area contributed by atoms with E-state index in [0.29, 0.717) is 18.7 Å². The summed E-state index contributed by atoms with van der Waals surface area (Å²) in [5, 5.41) is 16.2. The Balaban J connectivity index is 2.39. The first-order chi connectivity index (χ1) is 11.5. The normalized spacial score (nSPS) is 11.8. The third-order valence-electron chi connectivity index (χ3n) is 3.33. The minimum atomic E-state index is -0.574. The Morgan fingerprint density at radius 1 is 1.46 bits per heavy atom. The van der Waals surface area contributed by atoms with Crippen molar-refractivity contribution >= 4 is 23.3 Å². The van der Waals surface area contributed by atoms with Gasteiger partial charge in [-0.05, 0) is 25.5 Å². The highest BCUT2D eigenvalue weighted by Gasteiger charge is 2.17. The maximum absolute atomic E-state index is 12.5. The van der Waals surface area contributed by atoms with Gasteiger partial charge >= 0.3 is 5.97 Å². The Bertz CT molecular complexity index is 789. The minimum Gasteiger partial charge on any atom is -0.465 e. The predicted octanol–water partition coefficient (Wildman–Crippen LogP) is 1.86. The molecule has 8 heteroatoms. The van der Waals surface area contributed by atoms with E-state index in [4.69, 9.17) is 16.3 Å². The summed E-state index contributed by atoms with van der Waals surface area (Å²) in [7, 11) is 1.26. The smallest absolute Gasteiger partial charge is 0.340 e. The number of nitrogens with zero attached hydrogens (tertiary/aromatic N) is 2. The van der Waals surface area contributed by atoms with Crippen LogP contribution in [-0.2, 0) is 4.74 Å². The van der Waals surface area contributed by atoms with Crippen LogP contribution in [0.4, 0.5) is 5.69 Å². The fraction of sp³-hybridized carbons (Fsp3) is 0.312. The number of anilines is 1. The number of nitrogens with one attached hydrogen (secondary N) is 1. The van der Waals surface area contributed by atoms with Crippen LogP contribution in [0.15, 0.2) is 35.3 Å². The summed E-state index contributed by atoms with van der Waals surface area (Å²) in [6.45, 7) is 2.12. The maximum Gasteiger partial charge on any atom is 0.340 e. The number of hydrogen-bond donors (Lipinski definition) is 2. The van der Waals surface area contributed by atoms with Crippen LogP contribution in [0, 0.1) is 0 Å². The third kappa shape index (κ3) is 3.93. The number of aromatic nitrogens is 2. The number of carbonyl (C=O) groups excluding carboxylic acids is 1. The van der Waals surface area contributed by atoms with Crippen molar-refractivity contribution < 1.29 is 14.6 Å². The lowest BCUT2D eigenvalue weighted by Crippen LogP contribution is -2.25. The first-order valence-electron chi connectivity index (χ1n) is 7.33. The topological polar surface area (TPSA) is 93.5 Å². The van der Waals surface area contributed by atoms with Crippen LogP contribution in [0.2, 0.25) is 5.02 Å². The van der Waals surface area contributed by atoms with E-state index in [9.17, 15) is 14.7 Å². The average molecular weight is 352 g/mol. The number of esters is 1. The van der Waals surface area contributed by atoms with Gasteiger partial charge in [0.15, 0.2) is 0 Å². The molecule has 2 N–H and O–H groups in total. The molecule has 0 saturated carbocycles. The van der Waals surface area contributed by atoms with Crippen molar-refractivity contribution in [3.05, 3.63) is 51.4 Å². The fourth-order valence-electron chi connectivity index (χ4n) is 2.08. The Morgan fingerprint density at radius 2 is 2.17 bits per heavy atom. The van der Waals surface area contributed by atoms with Gasteiger partial charge in [-0.15, -0.1) is 0 Å². The second kappa shape index (κ2) is 7.94. The largest absolute Gasteiger partial charge is 0.465 e. The molecule has 0 aliphatic heterocycles. The molecular weight excluding hydrogens is 334 g/mol. The Labute approximate surface area is 143 Å². The summed E-state index contributed by atoms with van der Waals surface area (Å²) in [4.78, 5) is 24.3. The molecule has 0 radical (unpaired) electrons. The summed E-state index contributed by atoms with van der Waals surface area (Å²) in [6, 6.07) is 6.46. The number of rotatable bonds is 6. The summed E-state index contributed by atoms with van der Waals surface area (Å²) < 4.78 is 5.77. The molecule has 1 heterocycles. The molecule has 1 aromatic carbocycles. The molecule has 0 aliphatic rings. The van der Waals surface area contributed by atoms with Crippen molar-refractivity contribution in [2.24, 2.45) is 0 Å². The molecule has 2 aromatic rings. The van der Waals surface area contributed by atoms with Crippen LogP contribution in [0.1, 0.15) is 23.7 Å². The first kappa shape index (κ1) is 18.0. The number of halogens is 1. The van der Waals surface area contributed by atoms with E-state index in [0.717, 1.165) is 4.68 Å². The quantitative estimate of drug-likeness (QED) is 0.771. The van der Waals surface area contributed by atoms with E-state index in [-0.39, 0.29) is 16.3 Å². The third-order valence-corrected chi connectivity index (χ3v) is 3.70. The molecule has 0 spiro atoms. The molecule has 0 saturated heterocycles. The molecular formula is C16H18ClN3O4. The summed E-state index contributed by atoms with van der Waals surface area (Å²) in [5.74, 6) is -0.574. The highest BCUT2D eigenvalue weighted by atomic mass is 35.5. The zero-order valence-electron chi connectivity index (χ0n) is 13.3. The van der Waals surface area contributed by atoms with Crippen molar-refractivity contribution in [2.75, 3.05) is 19.0 Å². The van der Waals surface area contributed by atoms with Crippen LogP contribution >= 0.6 is 11.6 Å². The number of carbonyl (C=O) groups is 1. The van der Waals surface area contributed by atoms with Crippen molar-refractivity contribution in [3.63, 3.8) is 0 Å². The van der Waals surface area contributed by atoms with Crippen molar-refractivity contribution in [2.45, 2.75) is 19.4 Å².